The second-order valence-electron chi connectivity index (χ2n) is 30.6. The van der Waals surface area contributed by atoms with Crippen molar-refractivity contribution in [3.05, 3.63) is 259 Å². The molecule has 14 aromatic rings. The van der Waals surface area contributed by atoms with Crippen molar-refractivity contribution in [2.24, 2.45) is 0 Å². The molecule has 0 amide bonds. The quantitative estimate of drug-likeness (QED) is 0.160. The molecule has 0 saturated carbocycles. The topological polar surface area (TPSA) is 54.6 Å². The highest BCUT2D eigenvalue weighted by molar-refractivity contribution is 7.02. The lowest BCUT2D eigenvalue weighted by Gasteiger charge is -2.48. The number of ether oxygens (including phenoxy) is 1. The van der Waals surface area contributed by atoms with Gasteiger partial charge in [-0.3, -0.25) is 18.9 Å². The fourth-order valence-electron chi connectivity index (χ4n) is 18.2. The second kappa shape index (κ2) is 19.5. The van der Waals surface area contributed by atoms with Gasteiger partial charge in [-0.15, -0.1) is 0 Å². The van der Waals surface area contributed by atoms with Crippen LogP contribution in [0.1, 0.15) is 103 Å². The fraction of sp³-hybridized carbons (Fsp3) is 0.186. The standard InChI is InChI=1S/C86H71B2N7O/c1-83(2)41-42-84(3,4)60-45-54(39-40-59(60)83)93-72-47-62-61(85(5,6)43-44-86(62,7)8)46-64(72)88-65-48-66-75(49-73(65)91(52-25-11-9-12-26-52)74-50-77(89-81(93)79(74)88)94-67-34-20-15-29-55(67)56-30-16-21-35-68(56)94)96-76-51-78(95-69-36-22-17-31-57(69)58-32-18-23-37-70(58)95)90-82-80(76)87(66)63-33-19-24-38-71(63)92(82)53-27-13-10-14-28-53/h9-40,45-51H,41-44H2,1-8H3. The van der Waals surface area contributed by atoms with Crippen molar-refractivity contribution < 1.29 is 4.74 Å². The van der Waals surface area contributed by atoms with Gasteiger partial charge >= 0.3 is 0 Å². The van der Waals surface area contributed by atoms with Crippen molar-refractivity contribution in [2.75, 3.05) is 14.7 Å². The van der Waals surface area contributed by atoms with Crippen molar-refractivity contribution in [2.45, 2.75) is 103 Å². The number of fused-ring (bicyclic) bond motifs is 16. The van der Waals surface area contributed by atoms with Crippen molar-refractivity contribution in [1.29, 1.82) is 0 Å². The van der Waals surface area contributed by atoms with Gasteiger partial charge in [0.25, 0.3) is 13.4 Å². The van der Waals surface area contributed by atoms with E-state index in [1.807, 2.05) is 0 Å². The number of para-hydroxylation sites is 7. The number of benzene rings is 10. The monoisotopic (exact) mass is 1240 g/mol. The van der Waals surface area contributed by atoms with Gasteiger partial charge in [0, 0.05) is 85.0 Å². The van der Waals surface area contributed by atoms with Crippen LogP contribution in [0, 0.1) is 0 Å². The van der Waals surface area contributed by atoms with E-state index in [4.69, 9.17) is 14.7 Å². The Balaban J connectivity index is 0.909. The lowest BCUT2D eigenvalue weighted by Crippen LogP contribution is -2.65. The summed E-state index contributed by atoms with van der Waals surface area (Å²) in [6, 6.07) is 88.3. The number of rotatable bonds is 5. The summed E-state index contributed by atoms with van der Waals surface area (Å²) in [4.78, 5) is 19.7. The summed E-state index contributed by atoms with van der Waals surface area (Å²) in [7, 11) is 0. The minimum atomic E-state index is -0.253. The van der Waals surface area contributed by atoms with Crippen molar-refractivity contribution >= 4 is 141 Å². The van der Waals surface area contributed by atoms with E-state index in [-0.39, 0.29) is 35.1 Å². The minimum Gasteiger partial charge on any atom is -0.458 e. The molecule has 4 aliphatic heterocycles. The molecule has 0 atom stereocenters. The Hall–Kier alpha value is -10.6. The first-order chi connectivity index (χ1) is 46.6. The Kier molecular flexibility index (Phi) is 11.4. The minimum absolute atomic E-state index is 0.0320. The van der Waals surface area contributed by atoms with E-state index in [0.717, 1.165) is 128 Å². The van der Waals surface area contributed by atoms with E-state index in [2.05, 4.69) is 316 Å². The molecule has 462 valence electrons. The van der Waals surface area contributed by atoms with E-state index in [1.54, 1.807) is 0 Å². The van der Waals surface area contributed by atoms with Crippen molar-refractivity contribution in [1.82, 2.24) is 19.1 Å². The lowest BCUT2D eigenvalue weighted by molar-refractivity contribution is 0.332. The summed E-state index contributed by atoms with van der Waals surface area (Å²) < 4.78 is 12.6. The van der Waals surface area contributed by atoms with E-state index in [1.165, 1.54) is 71.3 Å². The van der Waals surface area contributed by atoms with Gasteiger partial charge < -0.3 is 9.64 Å². The molecule has 6 aliphatic rings. The van der Waals surface area contributed by atoms with Crippen LogP contribution in [0.4, 0.5) is 51.4 Å². The molecule has 4 aromatic heterocycles. The molecule has 10 aromatic carbocycles. The first-order valence-electron chi connectivity index (χ1n) is 34.5. The highest BCUT2D eigenvalue weighted by atomic mass is 16.5. The Morgan fingerprint density at radius 3 is 1.33 bits per heavy atom. The molecule has 0 fully saturated rings. The summed E-state index contributed by atoms with van der Waals surface area (Å²) >= 11 is 0. The third-order valence-electron chi connectivity index (χ3n) is 23.3. The molecule has 10 heteroatoms. The molecule has 0 radical (unpaired) electrons. The summed E-state index contributed by atoms with van der Waals surface area (Å²) in [6.45, 7) is 19.2. The van der Waals surface area contributed by atoms with Gasteiger partial charge in [-0.2, -0.15) is 0 Å². The van der Waals surface area contributed by atoms with Crippen LogP contribution >= 0.6 is 0 Å². The average molecular weight is 1240 g/mol. The van der Waals surface area contributed by atoms with E-state index in [9.17, 15) is 0 Å². The molecular formula is C86H71B2N7O. The maximum Gasteiger partial charge on any atom is 0.258 e. The summed E-state index contributed by atoms with van der Waals surface area (Å²) in [5.74, 6) is 5.07. The van der Waals surface area contributed by atoms with Crippen molar-refractivity contribution in [3.63, 3.8) is 0 Å². The number of hydrogen-bond donors (Lipinski definition) is 0. The smallest absolute Gasteiger partial charge is 0.258 e. The van der Waals surface area contributed by atoms with Gasteiger partial charge in [0.05, 0.1) is 22.1 Å². The molecular weight excluding hydrogens is 1170 g/mol. The zero-order valence-electron chi connectivity index (χ0n) is 55.5. The van der Waals surface area contributed by atoms with Crippen LogP contribution in [0.15, 0.2) is 237 Å². The number of anilines is 9. The van der Waals surface area contributed by atoms with Gasteiger partial charge in [0.2, 0.25) is 0 Å². The van der Waals surface area contributed by atoms with Crippen LogP contribution in [-0.4, -0.2) is 32.5 Å². The van der Waals surface area contributed by atoms with Gasteiger partial charge in [0.15, 0.2) is 0 Å². The van der Waals surface area contributed by atoms with E-state index < -0.39 is 0 Å². The highest BCUT2D eigenvalue weighted by Gasteiger charge is 2.51. The van der Waals surface area contributed by atoms with Crippen LogP contribution in [0.2, 0.25) is 0 Å². The molecule has 0 N–H and O–H groups in total. The van der Waals surface area contributed by atoms with Crippen LogP contribution in [0.3, 0.4) is 0 Å². The van der Waals surface area contributed by atoms with Crippen LogP contribution in [-0.2, 0) is 21.7 Å². The Morgan fingerprint density at radius 2 is 0.750 bits per heavy atom. The lowest BCUT2D eigenvalue weighted by atomic mass is 9.30. The Bertz CT molecular complexity index is 5600. The van der Waals surface area contributed by atoms with E-state index in [0.29, 0.717) is 0 Å². The molecule has 8 heterocycles. The summed E-state index contributed by atoms with van der Waals surface area (Å²) in [5, 5.41) is 4.75. The van der Waals surface area contributed by atoms with Gasteiger partial charge in [-0.25, -0.2) is 9.97 Å². The number of aromatic nitrogens is 4. The number of nitrogens with zero attached hydrogens (tertiary/aromatic N) is 7. The molecule has 0 spiro atoms. The Labute approximate surface area is 561 Å². The van der Waals surface area contributed by atoms with Crippen LogP contribution in [0.5, 0.6) is 11.5 Å². The zero-order valence-corrected chi connectivity index (χ0v) is 55.5. The fourth-order valence-corrected chi connectivity index (χ4v) is 18.2. The van der Waals surface area contributed by atoms with E-state index >= 15 is 0 Å². The Morgan fingerprint density at radius 1 is 0.312 bits per heavy atom. The zero-order chi connectivity index (χ0) is 64.5. The van der Waals surface area contributed by atoms with Gasteiger partial charge in [-0.05, 0) is 170 Å². The van der Waals surface area contributed by atoms with Crippen molar-refractivity contribution in [3.8, 4) is 23.1 Å². The first-order valence-corrected chi connectivity index (χ1v) is 34.5. The maximum absolute atomic E-state index is 7.82. The molecule has 0 bridgehead atoms. The molecule has 96 heavy (non-hydrogen) atoms. The van der Waals surface area contributed by atoms with Crippen LogP contribution in [0.25, 0.3) is 55.2 Å². The molecule has 2 aliphatic carbocycles. The predicted molar refractivity (Wildman–Crippen MR) is 401 cm³/mol. The van der Waals surface area contributed by atoms with Gasteiger partial charge in [-0.1, -0.05) is 201 Å². The number of hydrogen-bond acceptors (Lipinski definition) is 6. The SMILES string of the molecule is CC1(C)CCC(C)(C)c2cc(N3c4cc5c(cc4B4c6cc7c(cc6N(c6ccccc6)c6cc(-n8c9ccccc9c9ccccc98)nc3c64)Oc3cc(-n4c6ccccc6c6ccccc64)nc4c3B7c3ccccc3N4c3ccccc3)C(C)(C)CCC5(C)C)ccc21. The summed E-state index contributed by atoms with van der Waals surface area (Å²) in [6.07, 6.45) is 4.44. The normalized spacial score (nSPS) is 16.9. The average Bonchev–Trinajstić information content (AvgIpc) is 0.850. The molecule has 0 saturated heterocycles. The molecule has 20 rings (SSSR count). The highest BCUT2D eigenvalue weighted by Crippen LogP contribution is 2.54. The maximum atomic E-state index is 7.82. The summed E-state index contributed by atoms with van der Waals surface area (Å²) in [5.41, 5.74) is 24.7. The van der Waals surface area contributed by atoms with Crippen LogP contribution < -0.4 is 52.2 Å². The molecule has 0 unspecified atom stereocenters. The third-order valence-corrected chi connectivity index (χ3v) is 23.3. The second-order valence-corrected chi connectivity index (χ2v) is 30.6. The number of pyridine rings is 2. The largest absolute Gasteiger partial charge is 0.458 e. The predicted octanol–water partition coefficient (Wildman–Crippen LogP) is 17.9. The first kappa shape index (κ1) is 55.8. The van der Waals surface area contributed by atoms with Gasteiger partial charge in [0.1, 0.15) is 34.8 Å². The molecule has 8 nitrogen and oxygen atoms in total. The third kappa shape index (κ3) is 7.69.